The van der Waals surface area contributed by atoms with E-state index in [-0.39, 0.29) is 11.9 Å². The van der Waals surface area contributed by atoms with E-state index in [2.05, 4.69) is 10.0 Å². The number of carbonyl (C=O) groups excluding carboxylic acids is 1. The Morgan fingerprint density at radius 3 is 2.70 bits per heavy atom. The van der Waals surface area contributed by atoms with Gasteiger partial charge in [-0.15, -0.1) is 0 Å². The van der Waals surface area contributed by atoms with Crippen molar-refractivity contribution in [3.8, 4) is 0 Å². The Bertz CT molecular complexity index is 650. The second-order valence-corrected chi connectivity index (χ2v) is 7.88. The van der Waals surface area contributed by atoms with E-state index in [1.807, 2.05) is 0 Å². The van der Waals surface area contributed by atoms with Crippen LogP contribution in [0.5, 0.6) is 0 Å². The van der Waals surface area contributed by atoms with Crippen molar-refractivity contribution in [1.29, 1.82) is 0 Å². The maximum Gasteiger partial charge on any atom is 0.281 e. The average molecular weight is 341 g/mol. The summed E-state index contributed by atoms with van der Waals surface area (Å²) in [5, 5.41) is 2.60. The fourth-order valence-corrected chi connectivity index (χ4v) is 5.51. The summed E-state index contributed by atoms with van der Waals surface area (Å²) in [6.07, 6.45) is 5.81. The molecule has 1 aliphatic carbocycles. The molecular formula is C15H23N3O4S. The zero-order valence-electron chi connectivity index (χ0n) is 13.2. The minimum atomic E-state index is -3.77. The summed E-state index contributed by atoms with van der Waals surface area (Å²) in [7, 11) is -2.23. The van der Waals surface area contributed by atoms with Crippen LogP contribution in [0.15, 0.2) is 22.8 Å². The molecule has 2 heterocycles. The van der Waals surface area contributed by atoms with Gasteiger partial charge in [0, 0.05) is 13.6 Å². The molecule has 0 bridgehead atoms. The Balaban J connectivity index is 1.84. The first-order valence-corrected chi connectivity index (χ1v) is 9.49. The van der Waals surface area contributed by atoms with Crippen molar-refractivity contribution < 1.29 is 17.6 Å². The van der Waals surface area contributed by atoms with Crippen LogP contribution in [0, 0.1) is 0 Å². The molecule has 1 aliphatic heterocycles. The van der Waals surface area contributed by atoms with E-state index in [4.69, 9.17) is 4.42 Å². The largest absolute Gasteiger partial charge is 0.468 e. The van der Waals surface area contributed by atoms with Gasteiger partial charge in [-0.2, -0.15) is 17.4 Å². The number of hydrogen-bond acceptors (Lipinski definition) is 4. The van der Waals surface area contributed by atoms with E-state index in [9.17, 15) is 13.2 Å². The van der Waals surface area contributed by atoms with Gasteiger partial charge in [0.05, 0.1) is 12.3 Å². The summed E-state index contributed by atoms with van der Waals surface area (Å²) in [6, 6.07) is 3.25. The molecule has 0 spiro atoms. The lowest BCUT2D eigenvalue weighted by molar-refractivity contribution is -0.126. The number of nitrogens with one attached hydrogen (secondary N) is 2. The minimum absolute atomic E-state index is 0.257. The van der Waals surface area contributed by atoms with Crippen molar-refractivity contribution in [3.63, 3.8) is 0 Å². The van der Waals surface area contributed by atoms with Crippen LogP contribution in [0.2, 0.25) is 0 Å². The molecule has 0 radical (unpaired) electrons. The lowest BCUT2D eigenvalue weighted by Gasteiger charge is -2.32. The molecule has 1 aromatic heterocycles. The number of rotatable bonds is 5. The van der Waals surface area contributed by atoms with Gasteiger partial charge in [-0.05, 0) is 37.8 Å². The molecule has 1 saturated carbocycles. The fourth-order valence-electron chi connectivity index (χ4n) is 3.69. The molecule has 0 unspecified atom stereocenters. The Kier molecular flexibility index (Phi) is 4.48. The number of nitrogens with zero attached hydrogens (tertiary/aromatic N) is 1. The summed E-state index contributed by atoms with van der Waals surface area (Å²) < 4.78 is 35.3. The van der Waals surface area contributed by atoms with Gasteiger partial charge in [-0.25, -0.2) is 0 Å². The third-order valence-corrected chi connectivity index (χ3v) is 6.53. The van der Waals surface area contributed by atoms with E-state index in [1.165, 1.54) is 11.4 Å². The van der Waals surface area contributed by atoms with Gasteiger partial charge in [-0.3, -0.25) is 4.79 Å². The number of carbonyl (C=O) groups is 1. The van der Waals surface area contributed by atoms with Crippen LogP contribution in [0.4, 0.5) is 0 Å². The standard InChI is InChI=1S/C15H23N3O4S/c1-16-14(19)15(8-2-3-9-15)17-23(20,21)18-10-4-6-12(18)13-7-5-11-22-13/h5,7,11-12,17H,2-4,6,8-10H2,1H3,(H,16,19)/t12-/m1/s1. The zero-order chi connectivity index (χ0) is 16.5. The predicted molar refractivity (Wildman–Crippen MR) is 84.7 cm³/mol. The second kappa shape index (κ2) is 6.26. The van der Waals surface area contributed by atoms with Crippen molar-refractivity contribution in [2.45, 2.75) is 50.1 Å². The van der Waals surface area contributed by atoms with Crippen molar-refractivity contribution in [3.05, 3.63) is 24.2 Å². The summed E-state index contributed by atoms with van der Waals surface area (Å²) in [5.41, 5.74) is -1.02. The van der Waals surface area contributed by atoms with Crippen LogP contribution < -0.4 is 10.0 Å². The van der Waals surface area contributed by atoms with E-state index in [0.717, 1.165) is 25.7 Å². The van der Waals surface area contributed by atoms with Crippen LogP contribution in [0.3, 0.4) is 0 Å². The molecule has 2 aliphatic rings. The van der Waals surface area contributed by atoms with Crippen LogP contribution in [0.25, 0.3) is 0 Å². The van der Waals surface area contributed by atoms with Gasteiger partial charge in [0.25, 0.3) is 10.2 Å². The van der Waals surface area contributed by atoms with E-state index < -0.39 is 15.7 Å². The molecule has 2 N–H and O–H groups in total. The first-order valence-electron chi connectivity index (χ1n) is 8.05. The second-order valence-electron chi connectivity index (χ2n) is 6.26. The van der Waals surface area contributed by atoms with Crippen LogP contribution in [-0.2, 0) is 15.0 Å². The maximum absolute atomic E-state index is 12.9. The van der Waals surface area contributed by atoms with Crippen molar-refractivity contribution in [2.75, 3.05) is 13.6 Å². The highest BCUT2D eigenvalue weighted by atomic mass is 32.2. The number of hydrogen-bond donors (Lipinski definition) is 2. The maximum atomic E-state index is 12.9. The molecule has 3 rings (SSSR count). The van der Waals surface area contributed by atoms with Crippen LogP contribution in [0.1, 0.15) is 50.3 Å². The fraction of sp³-hybridized carbons (Fsp3) is 0.667. The summed E-state index contributed by atoms with van der Waals surface area (Å²) in [4.78, 5) is 12.3. The van der Waals surface area contributed by atoms with Crippen molar-refractivity contribution in [2.24, 2.45) is 0 Å². The highest BCUT2D eigenvalue weighted by molar-refractivity contribution is 7.87. The van der Waals surface area contributed by atoms with Gasteiger partial charge >= 0.3 is 0 Å². The average Bonchev–Trinajstić information content (AvgIpc) is 3.25. The lowest BCUT2D eigenvalue weighted by atomic mass is 9.98. The smallest absolute Gasteiger partial charge is 0.281 e. The van der Waals surface area contributed by atoms with E-state index in [0.29, 0.717) is 25.1 Å². The Morgan fingerprint density at radius 1 is 1.35 bits per heavy atom. The molecule has 128 valence electrons. The zero-order valence-corrected chi connectivity index (χ0v) is 14.1. The summed E-state index contributed by atoms with van der Waals surface area (Å²) >= 11 is 0. The minimum Gasteiger partial charge on any atom is -0.468 e. The predicted octanol–water partition coefficient (Wildman–Crippen LogP) is 1.31. The lowest BCUT2D eigenvalue weighted by Crippen LogP contribution is -2.59. The highest BCUT2D eigenvalue weighted by Gasteiger charge is 2.47. The molecule has 7 nitrogen and oxygen atoms in total. The quantitative estimate of drug-likeness (QED) is 0.845. The van der Waals surface area contributed by atoms with Gasteiger partial charge in [0.1, 0.15) is 11.3 Å². The molecular weight excluding hydrogens is 318 g/mol. The SMILES string of the molecule is CNC(=O)C1(NS(=O)(=O)N2CCC[C@@H]2c2ccco2)CCCC1. The monoisotopic (exact) mass is 341 g/mol. The summed E-state index contributed by atoms with van der Waals surface area (Å²) in [5.74, 6) is 0.389. The number of furan rings is 1. The normalized spacial score (nSPS) is 24.8. The Labute approximate surface area is 136 Å². The molecule has 1 atom stereocenters. The van der Waals surface area contributed by atoms with Gasteiger partial charge in [0.2, 0.25) is 5.91 Å². The van der Waals surface area contributed by atoms with E-state index in [1.54, 1.807) is 18.4 Å². The summed E-state index contributed by atoms with van der Waals surface area (Å²) in [6.45, 7) is 0.435. The molecule has 1 aromatic rings. The molecule has 0 aromatic carbocycles. The van der Waals surface area contributed by atoms with Gasteiger partial charge in [0.15, 0.2) is 0 Å². The van der Waals surface area contributed by atoms with Gasteiger partial charge < -0.3 is 9.73 Å². The molecule has 8 heteroatoms. The van der Waals surface area contributed by atoms with Crippen molar-refractivity contribution >= 4 is 16.1 Å². The van der Waals surface area contributed by atoms with Crippen LogP contribution >= 0.6 is 0 Å². The Hall–Kier alpha value is -1.38. The first kappa shape index (κ1) is 16.5. The topological polar surface area (TPSA) is 91.7 Å². The van der Waals surface area contributed by atoms with E-state index >= 15 is 0 Å². The highest BCUT2D eigenvalue weighted by Crippen LogP contribution is 2.36. The first-order chi connectivity index (χ1) is 11.0. The number of amides is 1. The molecule has 1 amide bonds. The third kappa shape index (κ3) is 3.02. The van der Waals surface area contributed by atoms with Crippen LogP contribution in [-0.4, -0.2) is 37.8 Å². The molecule has 23 heavy (non-hydrogen) atoms. The van der Waals surface area contributed by atoms with Crippen molar-refractivity contribution in [1.82, 2.24) is 14.3 Å². The number of likely N-dealkylation sites (N-methyl/N-ethyl adjacent to an activating group) is 1. The molecule has 1 saturated heterocycles. The Morgan fingerprint density at radius 2 is 2.09 bits per heavy atom. The van der Waals surface area contributed by atoms with Gasteiger partial charge in [-0.1, -0.05) is 12.8 Å². The third-order valence-electron chi connectivity index (χ3n) is 4.83. The molecule has 2 fully saturated rings.